The minimum absolute atomic E-state index is 0.0324. The third-order valence-electron chi connectivity index (χ3n) is 10.6. The number of aliphatic hydroxyl groups excluding tert-OH is 1. The average Bonchev–Trinajstić information content (AvgIpc) is 3.44. The van der Waals surface area contributed by atoms with E-state index in [2.05, 4.69) is 12.0 Å². The number of carbonyl (C=O) groups excluding carboxylic acids is 2. The van der Waals surface area contributed by atoms with Gasteiger partial charge < -0.3 is 14.6 Å². The summed E-state index contributed by atoms with van der Waals surface area (Å²) in [6.45, 7) is 5.47. The Kier molecular flexibility index (Phi) is 6.86. The lowest BCUT2D eigenvalue weighted by atomic mass is 9.44. The van der Waals surface area contributed by atoms with Crippen LogP contribution in [-0.4, -0.2) is 53.1 Å². The quantitative estimate of drug-likeness (QED) is 0.579. The van der Waals surface area contributed by atoms with Crippen LogP contribution < -0.4 is 0 Å². The van der Waals surface area contributed by atoms with Gasteiger partial charge >= 0.3 is 5.97 Å². The molecular weight excluding hydrogens is 444 g/mol. The predicted octanol–water partition coefficient (Wildman–Crippen LogP) is 4.28. The summed E-state index contributed by atoms with van der Waals surface area (Å²) in [6.07, 6.45) is 11.2. The lowest BCUT2D eigenvalue weighted by molar-refractivity contribution is -0.161. The molecule has 1 aromatic rings. The third kappa shape index (κ3) is 4.16. The van der Waals surface area contributed by atoms with Gasteiger partial charge in [-0.1, -0.05) is 6.92 Å². The Hall–Kier alpha value is -1.73. The van der Waals surface area contributed by atoms with Gasteiger partial charge in [0.05, 0.1) is 25.9 Å². The van der Waals surface area contributed by atoms with Crippen LogP contribution in [0.15, 0.2) is 12.3 Å². The maximum absolute atomic E-state index is 13.5. The predicted molar refractivity (Wildman–Crippen MR) is 131 cm³/mol. The fourth-order valence-corrected chi connectivity index (χ4v) is 9.14. The number of fused-ring (bicyclic) bond motifs is 5. The Morgan fingerprint density at radius 3 is 2.74 bits per heavy atom. The van der Waals surface area contributed by atoms with Crippen LogP contribution in [0.2, 0.25) is 0 Å². The second kappa shape index (κ2) is 9.62. The SMILES string of the molecule is CCOC(=O)c1ccn(CC(=O)[C@H]2CC[C@H]3[C@@H]4CC[C@H]5C[C@H](O)CC[C@]5(COC)C4CC[C@]23C)n1. The first-order chi connectivity index (χ1) is 16.8. The van der Waals surface area contributed by atoms with Crippen molar-refractivity contribution in [2.75, 3.05) is 20.3 Å². The lowest BCUT2D eigenvalue weighted by Crippen LogP contribution is -2.57. The van der Waals surface area contributed by atoms with E-state index in [4.69, 9.17) is 9.47 Å². The molecule has 4 aliphatic rings. The van der Waals surface area contributed by atoms with E-state index < -0.39 is 5.97 Å². The standard InChI is InChI=1S/C28H42N2O5/c1-4-35-26(33)24-11-14-30(29-24)16-25(32)23-8-7-21-20-6-5-18-15-19(31)9-13-28(18,17-34-3)22(20)10-12-27(21,23)2/h11,14,18-23,31H,4-10,12-13,15-17H2,1-3H3/t18-,19+,20-,21-,22?,23+,27-,28+/m0/s1. The molecule has 0 bridgehead atoms. The number of ketones is 1. The first kappa shape index (κ1) is 24.9. The van der Waals surface area contributed by atoms with Crippen molar-refractivity contribution in [3.8, 4) is 0 Å². The van der Waals surface area contributed by atoms with Gasteiger partial charge in [-0.15, -0.1) is 0 Å². The van der Waals surface area contributed by atoms with Crippen LogP contribution in [-0.2, 0) is 20.8 Å². The number of hydrogen-bond acceptors (Lipinski definition) is 6. The minimum atomic E-state index is -0.444. The van der Waals surface area contributed by atoms with Crippen LogP contribution in [0.3, 0.4) is 0 Å². The van der Waals surface area contributed by atoms with Crippen LogP contribution in [0, 0.1) is 40.4 Å². The molecule has 1 N–H and O–H groups in total. The first-order valence-corrected chi connectivity index (χ1v) is 13.7. The number of rotatable bonds is 7. The fourth-order valence-electron chi connectivity index (χ4n) is 9.14. The second-order valence-corrected chi connectivity index (χ2v) is 12.0. The van der Waals surface area contributed by atoms with Crippen molar-refractivity contribution >= 4 is 11.8 Å². The molecule has 0 saturated heterocycles. The molecule has 0 radical (unpaired) electrons. The Bertz CT molecular complexity index is 946. The van der Waals surface area contributed by atoms with Gasteiger partial charge in [0.1, 0.15) is 0 Å². The van der Waals surface area contributed by atoms with Crippen LogP contribution in [0.5, 0.6) is 0 Å². The molecule has 4 fully saturated rings. The van der Waals surface area contributed by atoms with E-state index in [0.29, 0.717) is 30.3 Å². The van der Waals surface area contributed by atoms with Crippen molar-refractivity contribution in [2.45, 2.75) is 84.3 Å². The average molecular weight is 487 g/mol. The molecule has 194 valence electrons. The summed E-state index contributed by atoms with van der Waals surface area (Å²) in [7, 11) is 1.83. The molecule has 5 rings (SSSR count). The Morgan fingerprint density at radius 2 is 1.97 bits per heavy atom. The highest BCUT2D eigenvalue weighted by molar-refractivity contribution is 5.87. The molecule has 7 heteroatoms. The monoisotopic (exact) mass is 486 g/mol. The highest BCUT2D eigenvalue weighted by atomic mass is 16.5. The molecule has 0 aliphatic heterocycles. The van der Waals surface area contributed by atoms with Crippen LogP contribution in [0.4, 0.5) is 0 Å². The van der Waals surface area contributed by atoms with Crippen LogP contribution >= 0.6 is 0 Å². The Morgan fingerprint density at radius 1 is 1.14 bits per heavy atom. The summed E-state index contributed by atoms with van der Waals surface area (Å²) in [5.41, 5.74) is 0.484. The molecule has 0 aromatic carbocycles. The molecule has 4 saturated carbocycles. The highest BCUT2D eigenvalue weighted by Gasteiger charge is 2.62. The van der Waals surface area contributed by atoms with Crippen molar-refractivity contribution in [1.29, 1.82) is 0 Å². The van der Waals surface area contributed by atoms with Crippen LogP contribution in [0.1, 0.15) is 82.1 Å². The zero-order valence-electron chi connectivity index (χ0n) is 21.6. The normalized spacial score (nSPS) is 40.5. The molecule has 4 aliphatic carbocycles. The van der Waals surface area contributed by atoms with Crippen LogP contribution in [0.25, 0.3) is 0 Å². The van der Waals surface area contributed by atoms with Gasteiger partial charge in [0, 0.05) is 19.2 Å². The Labute approximate surface area is 208 Å². The number of carbonyl (C=O) groups is 2. The Balaban J connectivity index is 1.31. The molecule has 1 heterocycles. The summed E-state index contributed by atoms with van der Waals surface area (Å²) in [5.74, 6) is 2.27. The number of aromatic nitrogens is 2. The summed E-state index contributed by atoms with van der Waals surface area (Å²) in [4.78, 5) is 25.5. The van der Waals surface area contributed by atoms with E-state index in [1.54, 1.807) is 23.9 Å². The van der Waals surface area contributed by atoms with E-state index in [-0.39, 0.29) is 40.9 Å². The van der Waals surface area contributed by atoms with Crippen molar-refractivity contribution < 1.29 is 24.2 Å². The van der Waals surface area contributed by atoms with Crippen molar-refractivity contribution in [1.82, 2.24) is 9.78 Å². The van der Waals surface area contributed by atoms with Gasteiger partial charge in [-0.25, -0.2) is 4.79 Å². The van der Waals surface area contributed by atoms with Gasteiger partial charge in [-0.2, -0.15) is 5.10 Å². The van der Waals surface area contributed by atoms with E-state index in [1.807, 2.05) is 7.11 Å². The number of nitrogens with zero attached hydrogens (tertiary/aromatic N) is 2. The number of esters is 1. The number of ether oxygens (including phenoxy) is 2. The molecule has 8 atom stereocenters. The lowest BCUT2D eigenvalue weighted by Gasteiger charge is -2.61. The number of methoxy groups -OCH3 is 1. The van der Waals surface area contributed by atoms with Crippen molar-refractivity contribution in [3.05, 3.63) is 18.0 Å². The zero-order valence-corrected chi connectivity index (χ0v) is 21.6. The summed E-state index contributed by atoms with van der Waals surface area (Å²) in [6, 6.07) is 1.63. The second-order valence-electron chi connectivity index (χ2n) is 12.0. The van der Waals surface area contributed by atoms with Gasteiger partial charge in [-0.3, -0.25) is 9.48 Å². The molecule has 1 unspecified atom stereocenters. The molecule has 7 nitrogen and oxygen atoms in total. The topological polar surface area (TPSA) is 90.7 Å². The number of hydrogen-bond donors (Lipinski definition) is 1. The maximum atomic E-state index is 13.5. The van der Waals surface area contributed by atoms with Gasteiger partial charge in [-0.05, 0) is 105 Å². The van der Waals surface area contributed by atoms with Crippen molar-refractivity contribution in [3.63, 3.8) is 0 Å². The van der Waals surface area contributed by atoms with E-state index in [9.17, 15) is 14.7 Å². The number of aliphatic hydroxyl groups is 1. The highest BCUT2D eigenvalue weighted by Crippen LogP contribution is 2.67. The molecule has 1 aromatic heterocycles. The summed E-state index contributed by atoms with van der Waals surface area (Å²) in [5, 5.41) is 14.7. The smallest absolute Gasteiger partial charge is 0.358 e. The largest absolute Gasteiger partial charge is 0.461 e. The van der Waals surface area contributed by atoms with Gasteiger partial charge in [0.2, 0.25) is 0 Å². The van der Waals surface area contributed by atoms with E-state index >= 15 is 0 Å². The van der Waals surface area contributed by atoms with E-state index in [1.165, 1.54) is 12.8 Å². The zero-order chi connectivity index (χ0) is 24.8. The third-order valence-corrected chi connectivity index (χ3v) is 10.6. The fraction of sp³-hybridized carbons (Fsp3) is 0.821. The summed E-state index contributed by atoms with van der Waals surface area (Å²) >= 11 is 0. The van der Waals surface area contributed by atoms with Crippen molar-refractivity contribution in [2.24, 2.45) is 40.4 Å². The van der Waals surface area contributed by atoms with Gasteiger partial charge in [0.15, 0.2) is 11.5 Å². The minimum Gasteiger partial charge on any atom is -0.461 e. The molecule has 0 amide bonds. The molecular formula is C28H42N2O5. The van der Waals surface area contributed by atoms with Gasteiger partial charge in [0.25, 0.3) is 0 Å². The summed E-state index contributed by atoms with van der Waals surface area (Å²) < 4.78 is 12.5. The number of Topliss-reactive ketones (excluding diaryl/α,β-unsaturated/α-hetero) is 1. The molecule has 0 spiro atoms. The molecule has 35 heavy (non-hydrogen) atoms. The maximum Gasteiger partial charge on any atom is 0.358 e. The first-order valence-electron chi connectivity index (χ1n) is 13.7. The van der Waals surface area contributed by atoms with E-state index in [0.717, 1.165) is 51.6 Å².